The minimum absolute atomic E-state index is 0.681. The number of urea groups is 1. The summed E-state index contributed by atoms with van der Waals surface area (Å²) in [6.07, 6.45) is 0. The fraction of sp³-hybridized carbons (Fsp3) is 0.182. The van der Waals surface area contributed by atoms with Crippen LogP contribution in [0, 0.1) is 11.6 Å². The topological polar surface area (TPSA) is 105 Å². The summed E-state index contributed by atoms with van der Waals surface area (Å²) in [5, 5.41) is 11.8. The van der Waals surface area contributed by atoms with Crippen LogP contribution in [0.5, 0.6) is 0 Å². The molecule has 108 valence electrons. The molecule has 0 saturated carbocycles. The molecule has 0 atom stereocenters. The summed E-state index contributed by atoms with van der Waals surface area (Å²) in [5.74, 6) is -4.25. The second kappa shape index (κ2) is 7.14. The van der Waals surface area contributed by atoms with E-state index in [-0.39, 0.29) is 0 Å². The number of hydrogen-bond donors (Lipinski definition) is 3. The van der Waals surface area contributed by atoms with Crippen LogP contribution in [-0.2, 0) is 14.3 Å². The maximum absolute atomic E-state index is 13.2. The highest BCUT2D eigenvalue weighted by Gasteiger charge is 2.14. The molecule has 0 aliphatic carbocycles. The van der Waals surface area contributed by atoms with Crippen molar-refractivity contribution in [2.75, 3.05) is 18.5 Å². The Morgan fingerprint density at radius 1 is 1.15 bits per heavy atom. The molecule has 20 heavy (non-hydrogen) atoms. The van der Waals surface area contributed by atoms with Gasteiger partial charge in [0.05, 0.1) is 0 Å². The molecule has 1 aromatic rings. The van der Waals surface area contributed by atoms with Crippen LogP contribution >= 0.6 is 0 Å². The Balaban J connectivity index is 2.47. The molecule has 3 N–H and O–H groups in total. The summed E-state index contributed by atoms with van der Waals surface area (Å²) in [6, 6.07) is 1.80. The van der Waals surface area contributed by atoms with Crippen LogP contribution in [0.1, 0.15) is 0 Å². The molecule has 0 radical (unpaired) electrons. The van der Waals surface area contributed by atoms with E-state index < -0.39 is 48.4 Å². The van der Waals surface area contributed by atoms with Crippen LogP contribution in [0.25, 0.3) is 0 Å². The summed E-state index contributed by atoms with van der Waals surface area (Å²) in [4.78, 5) is 32.5. The van der Waals surface area contributed by atoms with E-state index >= 15 is 0 Å². The zero-order valence-corrected chi connectivity index (χ0v) is 9.98. The van der Waals surface area contributed by atoms with Crippen LogP contribution in [-0.4, -0.2) is 36.2 Å². The van der Waals surface area contributed by atoms with Gasteiger partial charge in [0.25, 0.3) is 5.91 Å². The SMILES string of the molecule is O=C(O)COCC(=O)NC(=O)Nc1c(F)cccc1F. The lowest BCUT2D eigenvalue weighted by molar-refractivity contribution is -0.143. The Morgan fingerprint density at radius 3 is 2.30 bits per heavy atom. The number of carboxylic acids is 1. The van der Waals surface area contributed by atoms with Crippen LogP contribution in [0.15, 0.2) is 18.2 Å². The van der Waals surface area contributed by atoms with Gasteiger partial charge in [0.15, 0.2) is 0 Å². The second-order valence-electron chi connectivity index (χ2n) is 3.49. The fourth-order valence-electron chi connectivity index (χ4n) is 1.16. The van der Waals surface area contributed by atoms with Crippen molar-refractivity contribution in [3.05, 3.63) is 29.8 Å². The number of carboxylic acid groups (broad SMARTS) is 1. The number of ether oxygens (including phenoxy) is 1. The number of halogens is 2. The van der Waals surface area contributed by atoms with Gasteiger partial charge in [-0.15, -0.1) is 0 Å². The molecule has 0 saturated heterocycles. The van der Waals surface area contributed by atoms with Crippen molar-refractivity contribution in [1.29, 1.82) is 0 Å². The van der Waals surface area contributed by atoms with Crippen molar-refractivity contribution in [3.63, 3.8) is 0 Å². The molecule has 0 aliphatic rings. The number of hydrogen-bond acceptors (Lipinski definition) is 4. The van der Waals surface area contributed by atoms with Crippen LogP contribution in [0.4, 0.5) is 19.3 Å². The smallest absolute Gasteiger partial charge is 0.329 e. The number of anilines is 1. The number of para-hydroxylation sites is 1. The van der Waals surface area contributed by atoms with Gasteiger partial charge < -0.3 is 15.2 Å². The predicted molar refractivity (Wildman–Crippen MR) is 62.0 cm³/mol. The third kappa shape index (κ3) is 4.98. The van der Waals surface area contributed by atoms with Gasteiger partial charge >= 0.3 is 12.0 Å². The lowest BCUT2D eigenvalue weighted by atomic mass is 10.3. The van der Waals surface area contributed by atoms with Crippen LogP contribution in [0.3, 0.4) is 0 Å². The zero-order chi connectivity index (χ0) is 15.1. The summed E-state index contributed by atoms with van der Waals surface area (Å²) in [7, 11) is 0. The summed E-state index contributed by atoms with van der Waals surface area (Å²) in [6.45, 7) is -1.39. The molecule has 0 spiro atoms. The molecular weight excluding hydrogens is 278 g/mol. The van der Waals surface area contributed by atoms with Crippen LogP contribution in [0.2, 0.25) is 0 Å². The number of amides is 3. The van der Waals surface area contributed by atoms with Gasteiger partial charge in [-0.05, 0) is 12.1 Å². The molecule has 0 bridgehead atoms. The van der Waals surface area contributed by atoms with Gasteiger partial charge in [-0.1, -0.05) is 6.07 Å². The zero-order valence-electron chi connectivity index (χ0n) is 9.98. The summed E-state index contributed by atoms with van der Waals surface area (Å²) >= 11 is 0. The maximum Gasteiger partial charge on any atom is 0.329 e. The van der Waals surface area contributed by atoms with E-state index in [1.54, 1.807) is 5.32 Å². The van der Waals surface area contributed by atoms with Gasteiger partial charge in [0, 0.05) is 0 Å². The first-order valence-electron chi connectivity index (χ1n) is 5.24. The molecule has 9 heteroatoms. The Bertz CT molecular complexity index is 515. The van der Waals surface area contributed by atoms with Crippen LogP contribution < -0.4 is 10.6 Å². The summed E-state index contributed by atoms with van der Waals surface area (Å²) < 4.78 is 30.8. The number of aliphatic carboxylic acids is 1. The normalized spacial score (nSPS) is 9.90. The monoisotopic (exact) mass is 288 g/mol. The Labute approximate surface area is 111 Å². The first-order chi connectivity index (χ1) is 9.40. The molecule has 0 aliphatic heterocycles. The van der Waals surface area contributed by atoms with Crippen molar-refractivity contribution in [3.8, 4) is 0 Å². The van der Waals surface area contributed by atoms with E-state index in [0.29, 0.717) is 0 Å². The van der Waals surface area contributed by atoms with Gasteiger partial charge in [0.2, 0.25) is 0 Å². The van der Waals surface area contributed by atoms with Crippen molar-refractivity contribution in [2.45, 2.75) is 0 Å². The molecule has 7 nitrogen and oxygen atoms in total. The lowest BCUT2D eigenvalue weighted by Crippen LogP contribution is -2.37. The van der Waals surface area contributed by atoms with E-state index in [0.717, 1.165) is 18.2 Å². The van der Waals surface area contributed by atoms with Gasteiger partial charge in [-0.3, -0.25) is 10.1 Å². The molecule has 0 aromatic heterocycles. The standard InChI is InChI=1S/C11H10F2N2O5/c12-6-2-1-3-7(13)10(6)15-11(19)14-8(16)4-20-5-9(17)18/h1-3H,4-5H2,(H,17,18)(H2,14,15,16,19). The third-order valence-electron chi connectivity index (χ3n) is 1.91. The van der Waals surface area contributed by atoms with E-state index in [4.69, 9.17) is 5.11 Å². The van der Waals surface area contributed by atoms with Gasteiger partial charge in [0.1, 0.15) is 30.5 Å². The number of carbonyl (C=O) groups is 3. The largest absolute Gasteiger partial charge is 0.480 e. The Kier molecular flexibility index (Phi) is 5.54. The predicted octanol–water partition coefficient (Wildman–Crippen LogP) is 0.714. The molecule has 0 unspecified atom stereocenters. The highest BCUT2D eigenvalue weighted by atomic mass is 19.1. The maximum atomic E-state index is 13.2. The van der Waals surface area contributed by atoms with Crippen molar-refractivity contribution < 1.29 is 33.0 Å². The average Bonchev–Trinajstić information content (AvgIpc) is 2.33. The number of carbonyl (C=O) groups excluding carboxylic acids is 2. The van der Waals surface area contributed by atoms with E-state index in [9.17, 15) is 23.2 Å². The van der Waals surface area contributed by atoms with E-state index in [1.165, 1.54) is 0 Å². The average molecular weight is 288 g/mol. The first-order valence-corrected chi connectivity index (χ1v) is 5.24. The lowest BCUT2D eigenvalue weighted by Gasteiger charge is -2.08. The quantitative estimate of drug-likeness (QED) is 0.740. The minimum Gasteiger partial charge on any atom is -0.480 e. The Hall–Kier alpha value is -2.55. The molecule has 1 aromatic carbocycles. The molecule has 0 fully saturated rings. The van der Waals surface area contributed by atoms with Gasteiger partial charge in [-0.2, -0.15) is 0 Å². The molecular formula is C11H10F2N2O5. The highest BCUT2D eigenvalue weighted by molar-refractivity contribution is 6.01. The third-order valence-corrected chi connectivity index (χ3v) is 1.91. The van der Waals surface area contributed by atoms with Gasteiger partial charge in [-0.25, -0.2) is 18.4 Å². The van der Waals surface area contributed by atoms with E-state index in [2.05, 4.69) is 4.74 Å². The second-order valence-corrected chi connectivity index (χ2v) is 3.49. The minimum atomic E-state index is -1.28. The fourth-order valence-corrected chi connectivity index (χ4v) is 1.16. The number of rotatable bonds is 5. The Morgan fingerprint density at radius 2 is 1.75 bits per heavy atom. The van der Waals surface area contributed by atoms with E-state index in [1.807, 2.05) is 5.32 Å². The molecule has 3 amide bonds. The number of benzene rings is 1. The number of imide groups is 1. The first kappa shape index (κ1) is 15.5. The molecule has 0 heterocycles. The summed E-state index contributed by atoms with van der Waals surface area (Å²) in [5.41, 5.74) is -0.704. The van der Waals surface area contributed by atoms with Crippen molar-refractivity contribution >= 4 is 23.6 Å². The van der Waals surface area contributed by atoms with Crippen molar-refractivity contribution in [2.24, 2.45) is 0 Å². The molecule has 1 rings (SSSR count). The highest BCUT2D eigenvalue weighted by Crippen LogP contribution is 2.17. The number of nitrogens with one attached hydrogen (secondary N) is 2. The van der Waals surface area contributed by atoms with Crippen molar-refractivity contribution in [1.82, 2.24) is 5.32 Å².